The molecule has 96 valence electrons. The predicted molar refractivity (Wildman–Crippen MR) is 70.7 cm³/mol. The molecule has 0 unspecified atom stereocenters. The van der Waals surface area contributed by atoms with E-state index in [1.807, 2.05) is 24.9 Å². The highest BCUT2D eigenvalue weighted by Crippen LogP contribution is 2.06. The Labute approximate surface area is 103 Å². The molecule has 1 aromatic rings. The Morgan fingerprint density at radius 3 is 2.82 bits per heavy atom. The number of aromatic nitrogens is 2. The first kappa shape index (κ1) is 13.5. The first-order valence-corrected chi connectivity index (χ1v) is 6.02. The van der Waals surface area contributed by atoms with E-state index in [-0.39, 0.29) is 0 Å². The van der Waals surface area contributed by atoms with E-state index in [0.29, 0.717) is 18.4 Å². The molecule has 5 heteroatoms. The normalized spacial score (nSPS) is 12.2. The van der Waals surface area contributed by atoms with Gasteiger partial charge in [0.2, 0.25) is 0 Å². The lowest BCUT2D eigenvalue weighted by molar-refractivity contribution is 0.576. The number of guanidine groups is 1. The summed E-state index contributed by atoms with van der Waals surface area (Å²) in [7, 11) is 1.92. The number of nitrogens with two attached hydrogens (primary N) is 1. The molecule has 17 heavy (non-hydrogen) atoms. The number of aliphatic imine (C=N–C) groups is 1. The van der Waals surface area contributed by atoms with Gasteiger partial charge in [0.25, 0.3) is 0 Å². The topological polar surface area (TPSA) is 68.2 Å². The molecule has 0 saturated carbocycles. The van der Waals surface area contributed by atoms with Crippen molar-refractivity contribution in [2.24, 2.45) is 23.7 Å². The van der Waals surface area contributed by atoms with E-state index < -0.39 is 0 Å². The van der Waals surface area contributed by atoms with E-state index in [9.17, 15) is 0 Å². The molecule has 0 atom stereocenters. The molecule has 0 aliphatic heterocycles. The van der Waals surface area contributed by atoms with Gasteiger partial charge in [0.15, 0.2) is 5.96 Å². The number of rotatable bonds is 5. The average molecular weight is 237 g/mol. The van der Waals surface area contributed by atoms with Gasteiger partial charge in [-0.25, -0.2) is 4.99 Å². The smallest absolute Gasteiger partial charge is 0.188 e. The fourth-order valence-electron chi connectivity index (χ4n) is 1.41. The molecule has 0 amide bonds. The van der Waals surface area contributed by atoms with Crippen LogP contribution in [-0.2, 0) is 13.6 Å². The van der Waals surface area contributed by atoms with Crippen LogP contribution in [-0.4, -0.2) is 22.3 Å². The second kappa shape index (κ2) is 6.27. The molecular weight excluding hydrogens is 214 g/mol. The molecule has 0 spiro atoms. The van der Waals surface area contributed by atoms with Gasteiger partial charge in [-0.05, 0) is 19.3 Å². The minimum atomic E-state index is 0.508. The molecule has 1 rings (SSSR count). The summed E-state index contributed by atoms with van der Waals surface area (Å²) in [6, 6.07) is 0. The van der Waals surface area contributed by atoms with E-state index >= 15 is 0 Å². The van der Waals surface area contributed by atoms with Crippen molar-refractivity contribution < 1.29 is 0 Å². The zero-order chi connectivity index (χ0) is 12.8. The number of aryl methyl sites for hydroxylation is 1. The largest absolute Gasteiger partial charge is 0.370 e. The Morgan fingerprint density at radius 2 is 2.29 bits per heavy atom. The molecule has 0 fully saturated rings. The van der Waals surface area contributed by atoms with Crippen molar-refractivity contribution in [3.8, 4) is 0 Å². The van der Waals surface area contributed by atoms with Crippen LogP contribution in [0.4, 0.5) is 0 Å². The summed E-state index contributed by atoms with van der Waals surface area (Å²) in [4.78, 5) is 4.30. The molecule has 1 aromatic heterocycles. The standard InChI is InChI=1S/C12H23N5/c1-9(2)5-6-14-12(13)15-7-11-8-16-17(4)10(11)3/h8-9H,5-7H2,1-4H3,(H3,13,14,15). The van der Waals surface area contributed by atoms with E-state index in [2.05, 4.69) is 29.3 Å². The van der Waals surface area contributed by atoms with Crippen molar-refractivity contribution in [3.63, 3.8) is 0 Å². The Kier molecular flexibility index (Phi) is 5.00. The predicted octanol–water partition coefficient (Wildman–Crippen LogP) is 1.18. The summed E-state index contributed by atoms with van der Waals surface area (Å²) in [5, 5.41) is 7.28. The number of nitrogens with one attached hydrogen (secondary N) is 1. The molecule has 0 saturated heterocycles. The van der Waals surface area contributed by atoms with Gasteiger partial charge in [0.05, 0.1) is 12.7 Å². The van der Waals surface area contributed by atoms with Gasteiger partial charge in [-0.3, -0.25) is 4.68 Å². The lowest BCUT2D eigenvalue weighted by atomic mass is 10.1. The summed E-state index contributed by atoms with van der Waals surface area (Å²) in [5.41, 5.74) is 8.02. The van der Waals surface area contributed by atoms with Crippen LogP contribution in [0.5, 0.6) is 0 Å². The maximum atomic E-state index is 5.78. The molecule has 0 radical (unpaired) electrons. The monoisotopic (exact) mass is 237 g/mol. The van der Waals surface area contributed by atoms with Crippen LogP contribution in [0.3, 0.4) is 0 Å². The highest BCUT2D eigenvalue weighted by molar-refractivity contribution is 5.77. The first-order chi connectivity index (χ1) is 8.00. The number of nitrogens with zero attached hydrogens (tertiary/aromatic N) is 3. The quantitative estimate of drug-likeness (QED) is 0.597. The zero-order valence-corrected chi connectivity index (χ0v) is 11.2. The van der Waals surface area contributed by atoms with Crippen molar-refractivity contribution in [1.82, 2.24) is 15.1 Å². The minimum Gasteiger partial charge on any atom is -0.370 e. The first-order valence-electron chi connectivity index (χ1n) is 6.02. The van der Waals surface area contributed by atoms with Gasteiger partial charge in [-0.1, -0.05) is 13.8 Å². The van der Waals surface area contributed by atoms with E-state index in [0.717, 1.165) is 24.2 Å². The lowest BCUT2D eigenvalue weighted by Gasteiger charge is -2.07. The van der Waals surface area contributed by atoms with Gasteiger partial charge in [-0.15, -0.1) is 0 Å². The Morgan fingerprint density at radius 1 is 1.59 bits per heavy atom. The fourth-order valence-corrected chi connectivity index (χ4v) is 1.41. The third-order valence-corrected chi connectivity index (χ3v) is 2.78. The van der Waals surface area contributed by atoms with E-state index in [1.54, 1.807) is 0 Å². The molecule has 0 aromatic carbocycles. The second-order valence-electron chi connectivity index (χ2n) is 4.69. The summed E-state index contributed by atoms with van der Waals surface area (Å²) < 4.78 is 1.84. The molecule has 1 heterocycles. The van der Waals surface area contributed by atoms with Crippen LogP contribution >= 0.6 is 0 Å². The van der Waals surface area contributed by atoms with E-state index in [1.165, 1.54) is 0 Å². The van der Waals surface area contributed by atoms with Crippen molar-refractivity contribution in [2.75, 3.05) is 6.54 Å². The van der Waals surface area contributed by atoms with Crippen molar-refractivity contribution >= 4 is 5.96 Å². The SMILES string of the molecule is Cc1c(CN=C(N)NCCC(C)C)cnn1C. The van der Waals surface area contributed by atoms with Crippen LogP contribution in [0.2, 0.25) is 0 Å². The van der Waals surface area contributed by atoms with Crippen LogP contribution in [0.1, 0.15) is 31.5 Å². The summed E-state index contributed by atoms with van der Waals surface area (Å²) >= 11 is 0. The fraction of sp³-hybridized carbons (Fsp3) is 0.667. The highest BCUT2D eigenvalue weighted by Gasteiger charge is 2.02. The summed E-state index contributed by atoms with van der Waals surface area (Å²) in [5.74, 6) is 1.18. The number of hydrogen-bond acceptors (Lipinski definition) is 2. The summed E-state index contributed by atoms with van der Waals surface area (Å²) in [6.45, 7) is 7.86. The van der Waals surface area contributed by atoms with Crippen LogP contribution in [0, 0.1) is 12.8 Å². The average Bonchev–Trinajstić information content (AvgIpc) is 2.57. The zero-order valence-electron chi connectivity index (χ0n) is 11.2. The van der Waals surface area contributed by atoms with Gasteiger partial charge in [-0.2, -0.15) is 5.10 Å². The maximum Gasteiger partial charge on any atom is 0.188 e. The third kappa shape index (κ3) is 4.46. The molecule has 5 nitrogen and oxygen atoms in total. The Balaban J connectivity index is 2.40. The van der Waals surface area contributed by atoms with Crippen molar-refractivity contribution in [1.29, 1.82) is 0 Å². The van der Waals surface area contributed by atoms with Crippen LogP contribution < -0.4 is 11.1 Å². The van der Waals surface area contributed by atoms with Crippen molar-refractivity contribution in [3.05, 3.63) is 17.5 Å². The van der Waals surface area contributed by atoms with Gasteiger partial charge in [0, 0.05) is 24.8 Å². The van der Waals surface area contributed by atoms with Gasteiger partial charge < -0.3 is 11.1 Å². The maximum absolute atomic E-state index is 5.78. The molecular formula is C12H23N5. The summed E-state index contributed by atoms with van der Waals surface area (Å²) in [6.07, 6.45) is 2.93. The van der Waals surface area contributed by atoms with Crippen LogP contribution in [0.25, 0.3) is 0 Å². The van der Waals surface area contributed by atoms with Gasteiger partial charge in [0.1, 0.15) is 0 Å². The molecule has 0 bridgehead atoms. The lowest BCUT2D eigenvalue weighted by Crippen LogP contribution is -2.32. The second-order valence-corrected chi connectivity index (χ2v) is 4.69. The Hall–Kier alpha value is -1.52. The third-order valence-electron chi connectivity index (χ3n) is 2.78. The number of hydrogen-bond donors (Lipinski definition) is 2. The molecule has 0 aliphatic rings. The Bertz CT molecular complexity index is 378. The van der Waals surface area contributed by atoms with Gasteiger partial charge >= 0.3 is 0 Å². The van der Waals surface area contributed by atoms with E-state index in [4.69, 9.17) is 5.73 Å². The minimum absolute atomic E-state index is 0.508. The molecule has 0 aliphatic carbocycles. The highest BCUT2D eigenvalue weighted by atomic mass is 15.3. The molecule has 3 N–H and O–H groups in total. The van der Waals surface area contributed by atoms with Crippen LogP contribution in [0.15, 0.2) is 11.2 Å². The van der Waals surface area contributed by atoms with Crippen molar-refractivity contribution in [2.45, 2.75) is 33.7 Å².